The summed E-state index contributed by atoms with van der Waals surface area (Å²) in [5.41, 5.74) is 6.18. The quantitative estimate of drug-likeness (QED) is 0.213. The lowest BCUT2D eigenvalue weighted by Crippen LogP contribution is -2.30. The smallest absolute Gasteiger partial charge is 0.224 e. The molecule has 0 unspecified atom stereocenters. The fraction of sp³-hybridized carbons (Fsp3) is 0.194. The molecule has 0 saturated carbocycles. The van der Waals surface area contributed by atoms with E-state index in [0.29, 0.717) is 51.8 Å². The molecule has 4 aromatic heterocycles. The zero-order valence-corrected chi connectivity index (χ0v) is 22.1. The number of nitrogens with one attached hydrogen (secondary N) is 4. The lowest BCUT2D eigenvalue weighted by Gasteiger charge is -2.21. The number of nitrogens with zero attached hydrogens (tertiary/aromatic N) is 4. The number of imidazole rings is 1. The molecular formula is C31H27FN8O. The summed E-state index contributed by atoms with van der Waals surface area (Å²) in [7, 11) is 0. The summed E-state index contributed by atoms with van der Waals surface area (Å²) in [5, 5.41) is 14.8. The third kappa shape index (κ3) is 4.93. The second-order valence-electron chi connectivity index (χ2n) is 10.4. The predicted octanol–water partition coefficient (Wildman–Crippen LogP) is 5.70. The number of anilines is 1. The Morgan fingerprint density at radius 3 is 2.76 bits per heavy atom. The molecule has 0 radical (unpaired) electrons. The first-order valence-corrected chi connectivity index (χ1v) is 13.7. The van der Waals surface area contributed by atoms with Crippen LogP contribution in [0.2, 0.25) is 0 Å². The molecule has 0 spiro atoms. The number of hydrogen-bond donors (Lipinski definition) is 4. The fourth-order valence-corrected chi connectivity index (χ4v) is 5.53. The van der Waals surface area contributed by atoms with Crippen molar-refractivity contribution in [3.8, 4) is 33.8 Å². The van der Waals surface area contributed by atoms with Crippen LogP contribution < -0.4 is 10.6 Å². The highest BCUT2D eigenvalue weighted by molar-refractivity contribution is 5.98. The van der Waals surface area contributed by atoms with Gasteiger partial charge in [0.2, 0.25) is 5.91 Å². The number of aromatic nitrogens is 6. The van der Waals surface area contributed by atoms with Crippen molar-refractivity contribution >= 4 is 33.7 Å². The number of carbonyl (C=O) groups excluding carboxylic acids is 1. The highest BCUT2D eigenvalue weighted by Crippen LogP contribution is 2.33. The first-order chi connectivity index (χ1) is 20.1. The molecule has 1 fully saturated rings. The van der Waals surface area contributed by atoms with Gasteiger partial charge >= 0.3 is 0 Å². The Kier molecular flexibility index (Phi) is 6.44. The minimum atomic E-state index is -0.315. The molecule has 0 bridgehead atoms. The van der Waals surface area contributed by atoms with Gasteiger partial charge in [-0.15, -0.1) is 0 Å². The number of aromatic amines is 2. The molecule has 1 aliphatic rings. The maximum atomic E-state index is 14.6. The topological polar surface area (TPSA) is 124 Å². The zero-order valence-electron chi connectivity index (χ0n) is 22.1. The van der Waals surface area contributed by atoms with Crippen LogP contribution in [0.25, 0.3) is 55.8 Å². The second-order valence-corrected chi connectivity index (χ2v) is 10.4. The van der Waals surface area contributed by atoms with Crippen molar-refractivity contribution in [1.29, 1.82) is 0 Å². The van der Waals surface area contributed by atoms with Gasteiger partial charge in [-0.1, -0.05) is 24.3 Å². The maximum Gasteiger partial charge on any atom is 0.224 e. The van der Waals surface area contributed by atoms with Crippen molar-refractivity contribution in [3.05, 3.63) is 79.0 Å². The van der Waals surface area contributed by atoms with Gasteiger partial charge in [0.25, 0.3) is 0 Å². The van der Waals surface area contributed by atoms with Crippen molar-refractivity contribution in [1.82, 2.24) is 35.5 Å². The van der Waals surface area contributed by atoms with Crippen LogP contribution in [0.1, 0.15) is 19.3 Å². The first kappa shape index (κ1) is 25.0. The van der Waals surface area contributed by atoms with Crippen molar-refractivity contribution in [2.75, 3.05) is 18.4 Å². The Balaban J connectivity index is 1.20. The first-order valence-electron chi connectivity index (χ1n) is 13.7. The van der Waals surface area contributed by atoms with Gasteiger partial charge in [-0.25, -0.2) is 14.4 Å². The molecule has 5 heterocycles. The number of H-pyrrole nitrogens is 2. The molecule has 4 N–H and O–H groups in total. The monoisotopic (exact) mass is 546 g/mol. The van der Waals surface area contributed by atoms with Gasteiger partial charge in [0.05, 0.1) is 22.9 Å². The summed E-state index contributed by atoms with van der Waals surface area (Å²) in [6.07, 6.45) is 7.62. The minimum Gasteiger partial charge on any atom is -0.335 e. The molecule has 204 valence electrons. The van der Waals surface area contributed by atoms with Crippen molar-refractivity contribution < 1.29 is 9.18 Å². The molecule has 1 aliphatic heterocycles. The predicted molar refractivity (Wildman–Crippen MR) is 156 cm³/mol. The van der Waals surface area contributed by atoms with E-state index in [2.05, 4.69) is 40.8 Å². The Hall–Kier alpha value is -4.96. The van der Waals surface area contributed by atoms with Crippen LogP contribution in [0.5, 0.6) is 0 Å². The number of fused-ring (bicyclic) bond motifs is 2. The van der Waals surface area contributed by atoms with Crippen LogP contribution in [0.3, 0.4) is 0 Å². The molecule has 10 heteroatoms. The Bertz CT molecular complexity index is 1890. The summed E-state index contributed by atoms with van der Waals surface area (Å²) in [6.45, 7) is 1.93. The minimum absolute atomic E-state index is 0.0108. The largest absolute Gasteiger partial charge is 0.335 e. The highest BCUT2D eigenvalue weighted by atomic mass is 19.1. The third-order valence-corrected chi connectivity index (χ3v) is 7.63. The van der Waals surface area contributed by atoms with Crippen LogP contribution in [0.4, 0.5) is 10.1 Å². The maximum absolute atomic E-state index is 14.6. The van der Waals surface area contributed by atoms with Gasteiger partial charge < -0.3 is 15.6 Å². The number of benzene rings is 2. The number of rotatable bonds is 6. The zero-order chi connectivity index (χ0) is 27.8. The van der Waals surface area contributed by atoms with E-state index in [0.717, 1.165) is 48.0 Å². The summed E-state index contributed by atoms with van der Waals surface area (Å²) in [6, 6.07) is 16.3. The van der Waals surface area contributed by atoms with E-state index in [1.165, 1.54) is 6.07 Å². The van der Waals surface area contributed by atoms with Gasteiger partial charge in [-0.05, 0) is 67.7 Å². The Morgan fingerprint density at radius 2 is 1.88 bits per heavy atom. The summed E-state index contributed by atoms with van der Waals surface area (Å²) < 4.78 is 14.6. The lowest BCUT2D eigenvalue weighted by molar-refractivity contribution is -0.117. The van der Waals surface area contributed by atoms with Crippen molar-refractivity contribution in [3.63, 3.8) is 0 Å². The molecule has 7 rings (SSSR count). The molecule has 1 amide bonds. The van der Waals surface area contributed by atoms with Crippen LogP contribution in [0.15, 0.2) is 73.2 Å². The van der Waals surface area contributed by atoms with Gasteiger partial charge in [0, 0.05) is 40.9 Å². The summed E-state index contributed by atoms with van der Waals surface area (Å²) in [4.78, 5) is 29.4. The highest BCUT2D eigenvalue weighted by Gasteiger charge is 2.19. The average Bonchev–Trinajstić information content (AvgIpc) is 3.62. The van der Waals surface area contributed by atoms with E-state index >= 15 is 0 Å². The second kappa shape index (κ2) is 10.5. The third-order valence-electron chi connectivity index (χ3n) is 7.63. The van der Waals surface area contributed by atoms with Gasteiger partial charge in [0.15, 0.2) is 11.5 Å². The van der Waals surface area contributed by atoms with Gasteiger partial charge in [0.1, 0.15) is 11.5 Å². The molecule has 0 aliphatic carbocycles. The molecule has 0 atom stereocenters. The summed E-state index contributed by atoms with van der Waals surface area (Å²) in [5.74, 6) is 0.628. The molecule has 41 heavy (non-hydrogen) atoms. The van der Waals surface area contributed by atoms with E-state index in [4.69, 9.17) is 0 Å². The summed E-state index contributed by atoms with van der Waals surface area (Å²) >= 11 is 0. The number of carbonyl (C=O) groups is 1. The number of piperidine rings is 1. The van der Waals surface area contributed by atoms with E-state index in [-0.39, 0.29) is 11.7 Å². The van der Waals surface area contributed by atoms with Gasteiger partial charge in [-0.3, -0.25) is 14.9 Å². The molecule has 9 nitrogen and oxygen atoms in total. The SMILES string of the molecule is O=C(CC1CCNCC1)Nc1cncc(-c2ccc3[nH]nc(-c4nc5nccc(-c6ccccc6F)c5[nH]4)c3c2)c1. The fourth-order valence-electron chi connectivity index (χ4n) is 5.53. The Labute approximate surface area is 234 Å². The van der Waals surface area contributed by atoms with E-state index in [1.54, 1.807) is 42.9 Å². The standard InChI is InChI=1S/C31H27FN8O/c32-25-4-2-1-3-22(25)23-9-12-35-30-28(23)37-31(38-30)29-24-15-19(5-6-26(24)39-40-29)20-14-21(17-34-16-20)36-27(41)13-18-7-10-33-11-8-18/h1-6,9,12,14-18,33H,7-8,10-11,13H2,(H,36,41)(H,39,40)(H,35,37,38). The van der Waals surface area contributed by atoms with E-state index < -0.39 is 0 Å². The number of hydrogen-bond acceptors (Lipinski definition) is 6. The number of halogens is 1. The molecule has 2 aromatic carbocycles. The van der Waals surface area contributed by atoms with Crippen LogP contribution in [-0.2, 0) is 4.79 Å². The van der Waals surface area contributed by atoms with E-state index in [9.17, 15) is 9.18 Å². The normalized spacial score (nSPS) is 14.1. The number of amides is 1. The van der Waals surface area contributed by atoms with Crippen LogP contribution in [0, 0.1) is 11.7 Å². The lowest BCUT2D eigenvalue weighted by atomic mass is 9.94. The molecular weight excluding hydrogens is 519 g/mol. The Morgan fingerprint density at radius 1 is 1.00 bits per heavy atom. The average molecular weight is 547 g/mol. The number of pyridine rings is 2. The van der Waals surface area contributed by atoms with E-state index in [1.807, 2.05) is 24.3 Å². The molecule has 6 aromatic rings. The van der Waals surface area contributed by atoms with Crippen LogP contribution >= 0.6 is 0 Å². The molecule has 1 saturated heterocycles. The van der Waals surface area contributed by atoms with Crippen molar-refractivity contribution in [2.45, 2.75) is 19.3 Å². The van der Waals surface area contributed by atoms with Crippen LogP contribution in [-0.4, -0.2) is 49.1 Å². The van der Waals surface area contributed by atoms with Crippen molar-refractivity contribution in [2.24, 2.45) is 5.92 Å². The van der Waals surface area contributed by atoms with Gasteiger partial charge in [-0.2, -0.15) is 5.10 Å².